The molecule has 0 fully saturated rings. The third kappa shape index (κ3) is 5.93. The van der Waals surface area contributed by atoms with Crippen molar-refractivity contribution in [2.45, 2.75) is 24.8 Å². The van der Waals surface area contributed by atoms with E-state index in [9.17, 15) is 8.42 Å². The molecule has 0 aliphatic carbocycles. The van der Waals surface area contributed by atoms with Crippen molar-refractivity contribution >= 4 is 15.8 Å². The molecule has 0 atom stereocenters. The molecule has 5 rings (SSSR count). The number of aromatic nitrogens is 8. The molecule has 1 aromatic carbocycles. The zero-order chi connectivity index (χ0) is 29.7. The first-order valence-corrected chi connectivity index (χ1v) is 13.8. The first-order chi connectivity index (χ1) is 20.3. The molecule has 14 nitrogen and oxygen atoms in total. The van der Waals surface area contributed by atoms with Gasteiger partial charge in [0.2, 0.25) is 11.6 Å². The molecule has 42 heavy (non-hydrogen) atoms. The van der Waals surface area contributed by atoms with Crippen molar-refractivity contribution in [1.29, 1.82) is 0 Å². The lowest BCUT2D eigenvalue weighted by Crippen LogP contribution is -2.17. The number of H-pyrrole nitrogens is 1. The number of ether oxygens (including phenoxy) is 3. The molecular weight excluding hydrogens is 562 g/mol. The number of para-hydroxylation sites is 2. The number of benzene rings is 1. The number of anilines is 1. The Morgan fingerprint density at radius 2 is 1.83 bits per heavy atom. The monoisotopic (exact) mass is 585 g/mol. The number of sulfonamides is 1. The summed E-state index contributed by atoms with van der Waals surface area (Å²) in [6.45, 7) is 3.95. The molecule has 0 unspecified atom stereocenters. The summed E-state index contributed by atoms with van der Waals surface area (Å²) < 4.78 is 46.3. The van der Waals surface area contributed by atoms with Gasteiger partial charge in [0.25, 0.3) is 15.9 Å². The van der Waals surface area contributed by atoms with Gasteiger partial charge in [-0.05, 0) is 47.0 Å². The number of nitrogens with one attached hydrogen (secondary N) is 2. The van der Waals surface area contributed by atoms with E-state index in [1.807, 2.05) is 13.8 Å². The van der Waals surface area contributed by atoms with Crippen LogP contribution >= 0.6 is 0 Å². The minimum absolute atomic E-state index is 0.0283. The number of pyridine rings is 2. The fraction of sp³-hybridized carbons (Fsp3) is 0.148. The highest BCUT2D eigenvalue weighted by Crippen LogP contribution is 2.41. The van der Waals surface area contributed by atoms with Gasteiger partial charge in [0, 0.05) is 18.0 Å². The molecule has 0 aliphatic rings. The van der Waals surface area contributed by atoms with Crippen LogP contribution in [-0.4, -0.2) is 56.1 Å². The van der Waals surface area contributed by atoms with Crippen LogP contribution in [-0.2, 0) is 10.0 Å². The lowest BCUT2D eigenvalue weighted by Gasteiger charge is -2.17. The lowest BCUT2D eigenvalue weighted by atomic mass is 10.1. The van der Waals surface area contributed by atoms with E-state index in [4.69, 9.17) is 20.6 Å². The van der Waals surface area contributed by atoms with E-state index in [-0.39, 0.29) is 45.8 Å². The summed E-state index contributed by atoms with van der Waals surface area (Å²) in [4.78, 5) is 17.3. The predicted molar refractivity (Wildman–Crippen MR) is 150 cm³/mol. The van der Waals surface area contributed by atoms with Crippen molar-refractivity contribution in [2.24, 2.45) is 0 Å². The van der Waals surface area contributed by atoms with Crippen molar-refractivity contribution in [3.63, 3.8) is 0 Å². The van der Waals surface area contributed by atoms with E-state index in [0.717, 1.165) is 5.56 Å². The minimum Gasteiger partial charge on any atom is -0.493 e. The van der Waals surface area contributed by atoms with Crippen LogP contribution in [0, 0.1) is 12.5 Å². The molecule has 0 amide bonds. The second-order valence-electron chi connectivity index (χ2n) is 8.86. The van der Waals surface area contributed by atoms with Crippen molar-refractivity contribution < 1.29 is 22.6 Å². The van der Waals surface area contributed by atoms with Crippen molar-refractivity contribution in [3.8, 4) is 58.6 Å². The van der Waals surface area contributed by atoms with E-state index in [2.05, 4.69) is 51.4 Å². The highest BCUT2D eigenvalue weighted by atomic mass is 32.2. The van der Waals surface area contributed by atoms with Gasteiger partial charge in [-0.15, -0.1) is 10.2 Å². The summed E-state index contributed by atoms with van der Waals surface area (Å²) in [6, 6.07) is 13.0. The van der Waals surface area contributed by atoms with Crippen molar-refractivity contribution in [1.82, 2.24) is 40.6 Å². The normalized spacial score (nSPS) is 11.1. The molecule has 212 valence electrons. The summed E-state index contributed by atoms with van der Waals surface area (Å²) in [5.74, 6) is 0.263. The summed E-state index contributed by atoms with van der Waals surface area (Å²) in [7, 11) is -2.82. The molecule has 2 N–H and O–H groups in total. The third-order valence-electron chi connectivity index (χ3n) is 5.80. The van der Waals surface area contributed by atoms with E-state index in [1.165, 1.54) is 25.6 Å². The maximum atomic E-state index is 13.5. The smallest absolute Gasteiger partial charge is 0.280 e. The Labute approximate surface area is 240 Å². The van der Waals surface area contributed by atoms with Crippen LogP contribution in [0.15, 0.2) is 66.0 Å². The first kappa shape index (κ1) is 27.9. The van der Waals surface area contributed by atoms with Gasteiger partial charge < -0.3 is 14.2 Å². The molecule has 15 heteroatoms. The largest absolute Gasteiger partial charge is 0.493 e. The number of nitrogens with zero attached hydrogens (tertiary/aromatic N) is 7. The highest BCUT2D eigenvalue weighted by molar-refractivity contribution is 7.92. The topological polar surface area (TPSA) is 180 Å². The maximum Gasteiger partial charge on any atom is 0.280 e. The Hall–Kier alpha value is -5.62. The molecule has 4 aromatic heterocycles. The fourth-order valence-electron chi connectivity index (χ4n) is 3.69. The van der Waals surface area contributed by atoms with E-state index in [0.29, 0.717) is 17.0 Å². The van der Waals surface area contributed by atoms with Gasteiger partial charge in [0.15, 0.2) is 28.2 Å². The second kappa shape index (κ2) is 11.9. The molecule has 5 aromatic rings. The molecule has 0 bridgehead atoms. The Morgan fingerprint density at radius 3 is 2.50 bits per heavy atom. The first-order valence-electron chi connectivity index (χ1n) is 12.3. The van der Waals surface area contributed by atoms with Gasteiger partial charge in [0.05, 0.1) is 7.11 Å². The number of tetrazole rings is 1. The van der Waals surface area contributed by atoms with Crippen LogP contribution < -0.4 is 18.9 Å². The number of hydrogen-bond acceptors (Lipinski definition) is 12. The summed E-state index contributed by atoms with van der Waals surface area (Å²) in [5, 5.41) is 13.5. The Morgan fingerprint density at radius 1 is 1.02 bits per heavy atom. The molecule has 0 aliphatic heterocycles. The number of methoxy groups -OCH3 is 1. The molecule has 0 spiro atoms. The quantitative estimate of drug-likeness (QED) is 0.227. The van der Waals surface area contributed by atoms with Gasteiger partial charge in [-0.25, -0.2) is 9.97 Å². The number of hydrogen-bond donors (Lipinski definition) is 2. The van der Waals surface area contributed by atoms with Crippen molar-refractivity contribution in [2.75, 3.05) is 11.8 Å². The summed E-state index contributed by atoms with van der Waals surface area (Å²) in [5.41, 5.74) is 1.64. The van der Waals surface area contributed by atoms with Gasteiger partial charge in [-0.2, -0.15) is 18.6 Å². The Bertz CT molecular complexity index is 1860. The van der Waals surface area contributed by atoms with Crippen molar-refractivity contribution in [3.05, 3.63) is 66.5 Å². The maximum absolute atomic E-state index is 13.5. The molecule has 0 radical (unpaired) electrons. The van der Waals surface area contributed by atoms with Gasteiger partial charge in [-0.3, -0.25) is 9.71 Å². The summed E-state index contributed by atoms with van der Waals surface area (Å²) in [6.07, 6.45) is 10.5. The van der Waals surface area contributed by atoms with Crippen LogP contribution in [0.2, 0.25) is 0 Å². The minimum atomic E-state index is -4.28. The predicted octanol–water partition coefficient (Wildman–Crippen LogP) is 3.81. The molecular formula is C27H23N9O5S. The Balaban J connectivity index is 1.65. The van der Waals surface area contributed by atoms with Gasteiger partial charge in [0.1, 0.15) is 11.8 Å². The van der Waals surface area contributed by atoms with E-state index in [1.54, 1.807) is 42.5 Å². The van der Waals surface area contributed by atoms with E-state index < -0.39 is 10.0 Å². The molecule has 0 saturated carbocycles. The number of terminal acetylenes is 1. The SMILES string of the molecule is C#COc1nc(-c2ccnc(-c3nn[nH]n3)c2)nc(NS(=O)(=O)c2ccc(C(C)C)cn2)c1Oc1ccccc1OC. The number of rotatable bonds is 10. The summed E-state index contributed by atoms with van der Waals surface area (Å²) >= 11 is 0. The van der Waals surface area contributed by atoms with Gasteiger partial charge >= 0.3 is 0 Å². The Kier molecular flexibility index (Phi) is 7.89. The second-order valence-corrected chi connectivity index (χ2v) is 10.5. The zero-order valence-electron chi connectivity index (χ0n) is 22.5. The van der Waals surface area contributed by atoms with Crippen LogP contribution in [0.5, 0.6) is 23.1 Å². The number of aromatic amines is 1. The van der Waals surface area contributed by atoms with E-state index >= 15 is 0 Å². The average molecular weight is 586 g/mol. The average Bonchev–Trinajstić information content (AvgIpc) is 3.54. The molecule has 4 heterocycles. The lowest BCUT2D eigenvalue weighted by molar-refractivity contribution is 0.368. The van der Waals surface area contributed by atoms with Crippen LogP contribution in [0.3, 0.4) is 0 Å². The van der Waals surface area contributed by atoms with Gasteiger partial charge in [-0.1, -0.05) is 38.5 Å². The fourth-order valence-corrected chi connectivity index (χ4v) is 4.63. The highest BCUT2D eigenvalue weighted by Gasteiger charge is 2.26. The van der Waals surface area contributed by atoms with Crippen LogP contribution in [0.4, 0.5) is 5.82 Å². The molecule has 0 saturated heterocycles. The zero-order valence-corrected chi connectivity index (χ0v) is 23.3. The third-order valence-corrected chi connectivity index (χ3v) is 7.05. The van der Waals surface area contributed by atoms with Crippen LogP contribution in [0.1, 0.15) is 25.3 Å². The van der Waals surface area contributed by atoms with Crippen LogP contribution in [0.25, 0.3) is 22.9 Å². The standard InChI is InChI=1S/C27H23N9O5S/c1-5-40-27-23(41-21-9-7-6-8-20(21)39-4)26(34-42(37,38)22-11-10-18(15-29-22)16(2)3)30-24(31-27)17-12-13-28-19(14-17)25-32-35-36-33-25/h1,6-16H,2-4H3,(H,30,31,34)(H,32,33,35,36).